The van der Waals surface area contributed by atoms with Crippen LogP contribution in [0.4, 0.5) is 0 Å². The zero-order valence-corrected chi connectivity index (χ0v) is 9.28. The molecular weight excluding hydrogens is 214 g/mol. The zero-order valence-electron chi connectivity index (χ0n) is 8.46. The molecular formula is C10H14ClN3O. The molecule has 82 valence electrons. The van der Waals surface area contributed by atoms with Gasteiger partial charge in [0.05, 0.1) is 6.04 Å². The molecule has 1 saturated heterocycles. The normalized spacial score (nSPS) is 25.2. The maximum absolute atomic E-state index is 11.4. The number of aromatic nitrogens is 1. The fourth-order valence-corrected chi connectivity index (χ4v) is 1.92. The standard InChI is InChI=1S/C10H13N3O.ClH/c1-13-9(14)5-8(11)10(13)7-3-2-4-12-6-7;/h2-4,6,8,10H,5,11H2,1H3;1H/t8-,10+;/m1./s1. The van der Waals surface area contributed by atoms with E-state index in [1.165, 1.54) is 0 Å². The summed E-state index contributed by atoms with van der Waals surface area (Å²) in [7, 11) is 1.78. The number of hydrogen-bond acceptors (Lipinski definition) is 3. The highest BCUT2D eigenvalue weighted by atomic mass is 35.5. The Morgan fingerprint density at radius 3 is 2.80 bits per heavy atom. The van der Waals surface area contributed by atoms with Gasteiger partial charge >= 0.3 is 0 Å². The molecule has 0 bridgehead atoms. The van der Waals surface area contributed by atoms with Crippen molar-refractivity contribution in [2.24, 2.45) is 5.73 Å². The molecule has 15 heavy (non-hydrogen) atoms. The first-order valence-electron chi connectivity index (χ1n) is 4.61. The maximum Gasteiger partial charge on any atom is 0.224 e. The third-order valence-electron chi connectivity index (χ3n) is 2.65. The van der Waals surface area contributed by atoms with E-state index in [-0.39, 0.29) is 30.4 Å². The fourth-order valence-electron chi connectivity index (χ4n) is 1.92. The number of carbonyl (C=O) groups excluding carboxylic acids is 1. The summed E-state index contributed by atoms with van der Waals surface area (Å²) < 4.78 is 0. The van der Waals surface area contributed by atoms with Crippen LogP contribution >= 0.6 is 12.4 Å². The fraction of sp³-hybridized carbons (Fsp3) is 0.400. The SMILES string of the molecule is CN1C(=O)C[C@@H](N)[C@@H]1c1cccnc1.Cl. The lowest BCUT2D eigenvalue weighted by atomic mass is 10.0. The van der Waals surface area contributed by atoms with Gasteiger partial charge < -0.3 is 10.6 Å². The van der Waals surface area contributed by atoms with E-state index in [0.717, 1.165) is 5.56 Å². The summed E-state index contributed by atoms with van der Waals surface area (Å²) in [6, 6.07) is 3.68. The van der Waals surface area contributed by atoms with Gasteiger partial charge in [0.1, 0.15) is 0 Å². The predicted molar refractivity (Wildman–Crippen MR) is 59.6 cm³/mol. The van der Waals surface area contributed by atoms with Crippen LogP contribution in [0.1, 0.15) is 18.0 Å². The molecule has 1 aliphatic rings. The van der Waals surface area contributed by atoms with Crippen LogP contribution in [0, 0.1) is 0 Å². The quantitative estimate of drug-likeness (QED) is 0.770. The van der Waals surface area contributed by atoms with Crippen molar-refractivity contribution in [3.8, 4) is 0 Å². The summed E-state index contributed by atoms with van der Waals surface area (Å²) in [5, 5.41) is 0. The van der Waals surface area contributed by atoms with E-state index < -0.39 is 0 Å². The number of halogens is 1. The molecule has 1 fully saturated rings. The largest absolute Gasteiger partial charge is 0.337 e. The first-order valence-corrected chi connectivity index (χ1v) is 4.61. The lowest BCUT2D eigenvalue weighted by molar-refractivity contribution is -0.127. The topological polar surface area (TPSA) is 59.2 Å². The molecule has 0 aromatic carbocycles. The third-order valence-corrected chi connectivity index (χ3v) is 2.65. The number of pyridine rings is 1. The molecule has 0 unspecified atom stereocenters. The van der Waals surface area contributed by atoms with Crippen molar-refractivity contribution in [2.45, 2.75) is 18.5 Å². The zero-order chi connectivity index (χ0) is 10.1. The van der Waals surface area contributed by atoms with Crippen molar-refractivity contribution >= 4 is 18.3 Å². The number of amides is 1. The molecule has 5 heteroatoms. The number of rotatable bonds is 1. The lowest BCUT2D eigenvalue weighted by Gasteiger charge is -2.22. The third kappa shape index (κ3) is 2.11. The molecule has 2 heterocycles. The Bertz CT molecular complexity index is 344. The van der Waals surface area contributed by atoms with Crippen LogP contribution < -0.4 is 5.73 Å². The second-order valence-corrected chi connectivity index (χ2v) is 3.60. The van der Waals surface area contributed by atoms with Crippen molar-refractivity contribution in [1.82, 2.24) is 9.88 Å². The van der Waals surface area contributed by atoms with E-state index in [4.69, 9.17) is 5.73 Å². The van der Waals surface area contributed by atoms with E-state index in [2.05, 4.69) is 4.98 Å². The average Bonchev–Trinajstić information content (AvgIpc) is 2.43. The molecule has 1 aromatic heterocycles. The second-order valence-electron chi connectivity index (χ2n) is 3.60. The van der Waals surface area contributed by atoms with Gasteiger partial charge in [0.25, 0.3) is 0 Å². The monoisotopic (exact) mass is 227 g/mol. The van der Waals surface area contributed by atoms with Gasteiger partial charge in [-0.25, -0.2) is 0 Å². The van der Waals surface area contributed by atoms with Gasteiger partial charge in [-0.3, -0.25) is 9.78 Å². The van der Waals surface area contributed by atoms with Gasteiger partial charge in [-0.2, -0.15) is 0 Å². The number of likely N-dealkylation sites (tertiary alicyclic amines) is 1. The Morgan fingerprint density at radius 2 is 2.33 bits per heavy atom. The van der Waals surface area contributed by atoms with E-state index >= 15 is 0 Å². The molecule has 4 nitrogen and oxygen atoms in total. The minimum atomic E-state index is -0.114. The van der Waals surface area contributed by atoms with Crippen LogP contribution in [0.3, 0.4) is 0 Å². The number of likely N-dealkylation sites (N-methyl/N-ethyl adjacent to an activating group) is 1. The van der Waals surface area contributed by atoms with E-state index in [1.54, 1.807) is 24.3 Å². The van der Waals surface area contributed by atoms with Crippen LogP contribution in [-0.2, 0) is 4.79 Å². The van der Waals surface area contributed by atoms with Crippen molar-refractivity contribution in [3.05, 3.63) is 30.1 Å². The molecule has 1 amide bonds. The maximum atomic E-state index is 11.4. The Labute approximate surface area is 94.9 Å². The molecule has 1 aromatic rings. The Kier molecular flexibility index (Phi) is 3.66. The summed E-state index contributed by atoms with van der Waals surface area (Å²) in [6.45, 7) is 0. The number of carbonyl (C=O) groups is 1. The molecule has 0 aliphatic carbocycles. The highest BCUT2D eigenvalue weighted by molar-refractivity contribution is 5.85. The van der Waals surface area contributed by atoms with Crippen molar-refractivity contribution in [3.63, 3.8) is 0 Å². The average molecular weight is 228 g/mol. The van der Waals surface area contributed by atoms with Gasteiger partial charge in [-0.1, -0.05) is 6.07 Å². The summed E-state index contributed by atoms with van der Waals surface area (Å²) >= 11 is 0. The predicted octanol–water partition coefficient (Wildman–Crippen LogP) is 0.734. The Morgan fingerprint density at radius 1 is 1.60 bits per heavy atom. The highest BCUT2D eigenvalue weighted by Crippen LogP contribution is 2.29. The van der Waals surface area contributed by atoms with Gasteiger partial charge in [0.15, 0.2) is 0 Å². The molecule has 0 saturated carbocycles. The molecule has 2 atom stereocenters. The van der Waals surface area contributed by atoms with Gasteiger partial charge in [0.2, 0.25) is 5.91 Å². The molecule has 0 radical (unpaired) electrons. The van der Waals surface area contributed by atoms with E-state index in [0.29, 0.717) is 6.42 Å². The van der Waals surface area contributed by atoms with E-state index in [1.807, 2.05) is 12.1 Å². The lowest BCUT2D eigenvalue weighted by Crippen LogP contribution is -2.30. The summed E-state index contributed by atoms with van der Waals surface area (Å²) in [5.74, 6) is 0.103. The van der Waals surface area contributed by atoms with Crippen LogP contribution in [0.2, 0.25) is 0 Å². The number of nitrogens with two attached hydrogens (primary N) is 1. The van der Waals surface area contributed by atoms with E-state index in [9.17, 15) is 4.79 Å². The van der Waals surface area contributed by atoms with Gasteiger partial charge in [-0.05, 0) is 11.6 Å². The van der Waals surface area contributed by atoms with Crippen LogP contribution in [0.25, 0.3) is 0 Å². The Balaban J connectivity index is 0.00000112. The minimum Gasteiger partial charge on any atom is -0.337 e. The first-order chi connectivity index (χ1) is 6.70. The van der Waals surface area contributed by atoms with Crippen LogP contribution in [0.5, 0.6) is 0 Å². The minimum absolute atomic E-state index is 0. The van der Waals surface area contributed by atoms with Crippen molar-refractivity contribution in [2.75, 3.05) is 7.05 Å². The van der Waals surface area contributed by atoms with Crippen LogP contribution in [-0.4, -0.2) is 28.9 Å². The molecule has 2 rings (SSSR count). The summed E-state index contributed by atoms with van der Waals surface area (Å²) in [5.41, 5.74) is 6.91. The smallest absolute Gasteiger partial charge is 0.224 e. The van der Waals surface area contributed by atoms with Crippen LogP contribution in [0.15, 0.2) is 24.5 Å². The molecule has 1 aliphatic heterocycles. The van der Waals surface area contributed by atoms with Gasteiger partial charge in [-0.15, -0.1) is 12.4 Å². The number of hydrogen-bond donors (Lipinski definition) is 1. The second kappa shape index (κ2) is 4.59. The van der Waals surface area contributed by atoms with Gasteiger partial charge in [0, 0.05) is 31.9 Å². The molecule has 2 N–H and O–H groups in total. The number of nitrogens with zero attached hydrogens (tertiary/aromatic N) is 2. The first kappa shape index (κ1) is 11.9. The van der Waals surface area contributed by atoms with Crippen molar-refractivity contribution < 1.29 is 4.79 Å². The molecule has 0 spiro atoms. The highest BCUT2D eigenvalue weighted by Gasteiger charge is 2.35. The Hall–Kier alpha value is -1.13. The summed E-state index contributed by atoms with van der Waals surface area (Å²) in [6.07, 6.45) is 3.90. The van der Waals surface area contributed by atoms with Crippen molar-refractivity contribution in [1.29, 1.82) is 0 Å². The summed E-state index contributed by atoms with van der Waals surface area (Å²) in [4.78, 5) is 17.1.